The van der Waals surface area contributed by atoms with Gasteiger partial charge in [0, 0.05) is 12.1 Å². The molecule has 106 valence electrons. The Hall–Kier alpha value is -1.26. The average Bonchev–Trinajstić information content (AvgIpc) is 2.89. The first-order valence-corrected chi connectivity index (χ1v) is 6.98. The third-order valence-electron chi connectivity index (χ3n) is 3.54. The molecule has 0 saturated carbocycles. The molecule has 0 fully saturated rings. The van der Waals surface area contributed by atoms with E-state index in [1.807, 2.05) is 6.07 Å². The number of ether oxygens (including phenoxy) is 2. The van der Waals surface area contributed by atoms with Gasteiger partial charge in [-0.3, -0.25) is 0 Å². The van der Waals surface area contributed by atoms with E-state index in [4.69, 9.17) is 9.47 Å². The molecule has 0 aromatic heterocycles. The summed E-state index contributed by atoms with van der Waals surface area (Å²) in [4.78, 5) is 0. The van der Waals surface area contributed by atoms with Crippen LogP contribution in [0.4, 0.5) is 0 Å². The highest BCUT2D eigenvalue weighted by molar-refractivity contribution is 5.44. The summed E-state index contributed by atoms with van der Waals surface area (Å²) in [7, 11) is 0. The zero-order chi connectivity index (χ0) is 13.7. The predicted molar refractivity (Wildman–Crippen MR) is 74.6 cm³/mol. The molecular weight excluding hydrogens is 242 g/mol. The lowest BCUT2D eigenvalue weighted by molar-refractivity contribution is 0.174. The van der Waals surface area contributed by atoms with Crippen LogP contribution in [-0.4, -0.2) is 30.6 Å². The third kappa shape index (κ3) is 3.85. The molecule has 1 aromatic rings. The van der Waals surface area contributed by atoms with E-state index >= 15 is 0 Å². The number of hydrogen-bond donors (Lipinski definition) is 2. The Kier molecular flexibility index (Phi) is 5.05. The van der Waals surface area contributed by atoms with Gasteiger partial charge in [0.1, 0.15) is 0 Å². The number of fused-ring (bicyclic) bond motifs is 1. The summed E-state index contributed by atoms with van der Waals surface area (Å²) in [5.74, 6) is 1.68. The zero-order valence-electron chi connectivity index (χ0n) is 11.7. The van der Waals surface area contributed by atoms with E-state index in [9.17, 15) is 5.11 Å². The molecule has 2 unspecified atom stereocenters. The van der Waals surface area contributed by atoms with E-state index < -0.39 is 0 Å². The second-order valence-electron chi connectivity index (χ2n) is 5.08. The summed E-state index contributed by atoms with van der Waals surface area (Å²) in [6.07, 6.45) is 2.98. The van der Waals surface area contributed by atoms with Crippen molar-refractivity contribution in [3.05, 3.63) is 23.8 Å². The van der Waals surface area contributed by atoms with Crippen LogP contribution in [-0.2, 0) is 6.42 Å². The molecule has 4 heteroatoms. The van der Waals surface area contributed by atoms with Crippen LogP contribution in [0.25, 0.3) is 0 Å². The summed E-state index contributed by atoms with van der Waals surface area (Å²) in [6, 6.07) is 6.70. The van der Waals surface area contributed by atoms with E-state index in [-0.39, 0.29) is 12.6 Å². The van der Waals surface area contributed by atoms with Gasteiger partial charge in [-0.25, -0.2) is 0 Å². The number of aliphatic hydroxyl groups is 1. The second-order valence-corrected chi connectivity index (χ2v) is 5.08. The van der Waals surface area contributed by atoms with Crippen molar-refractivity contribution in [2.75, 3.05) is 13.4 Å². The molecule has 0 bridgehead atoms. The molecule has 1 aliphatic rings. The van der Waals surface area contributed by atoms with Crippen LogP contribution in [0.3, 0.4) is 0 Å². The molecule has 0 radical (unpaired) electrons. The lowest BCUT2D eigenvalue weighted by atomic mass is 10.0. The molecule has 4 nitrogen and oxygen atoms in total. The number of hydrogen-bond acceptors (Lipinski definition) is 4. The number of rotatable bonds is 7. The van der Waals surface area contributed by atoms with Gasteiger partial charge < -0.3 is 19.9 Å². The van der Waals surface area contributed by atoms with Gasteiger partial charge in [0.05, 0.1) is 6.61 Å². The molecule has 2 rings (SSSR count). The first kappa shape index (κ1) is 14.2. The van der Waals surface area contributed by atoms with Gasteiger partial charge in [0.2, 0.25) is 6.79 Å². The van der Waals surface area contributed by atoms with E-state index in [1.54, 1.807) is 0 Å². The Labute approximate surface area is 114 Å². The average molecular weight is 265 g/mol. The molecule has 0 saturated heterocycles. The van der Waals surface area contributed by atoms with Crippen LogP contribution < -0.4 is 14.8 Å². The Morgan fingerprint density at radius 3 is 2.84 bits per heavy atom. The number of aryl methyl sites for hydroxylation is 1. The minimum atomic E-state index is 0.199. The topological polar surface area (TPSA) is 50.7 Å². The van der Waals surface area contributed by atoms with Crippen molar-refractivity contribution in [1.29, 1.82) is 0 Å². The van der Waals surface area contributed by atoms with Gasteiger partial charge in [-0.05, 0) is 43.9 Å². The van der Waals surface area contributed by atoms with Crippen LogP contribution >= 0.6 is 0 Å². The molecular formula is C15H23NO3. The van der Waals surface area contributed by atoms with Gasteiger partial charge >= 0.3 is 0 Å². The molecule has 1 heterocycles. The Bertz CT molecular complexity index is 404. The van der Waals surface area contributed by atoms with Gasteiger partial charge in [-0.15, -0.1) is 0 Å². The largest absolute Gasteiger partial charge is 0.454 e. The summed E-state index contributed by atoms with van der Waals surface area (Å²) in [5, 5.41) is 12.6. The molecule has 0 aliphatic carbocycles. The third-order valence-corrected chi connectivity index (χ3v) is 3.54. The molecule has 1 aromatic carbocycles. The minimum Gasteiger partial charge on any atom is -0.454 e. The van der Waals surface area contributed by atoms with Crippen molar-refractivity contribution in [3.63, 3.8) is 0 Å². The zero-order valence-corrected chi connectivity index (χ0v) is 11.7. The fraction of sp³-hybridized carbons (Fsp3) is 0.600. The van der Waals surface area contributed by atoms with Crippen LogP contribution in [0.15, 0.2) is 18.2 Å². The monoisotopic (exact) mass is 265 g/mol. The molecule has 0 spiro atoms. The fourth-order valence-electron chi connectivity index (χ4n) is 2.26. The standard InChI is InChI=1S/C15H23NO3/c1-3-13(9-17)16-11(2)4-5-12-6-7-14-15(8-12)19-10-18-14/h6-8,11,13,16-17H,3-5,9-10H2,1-2H3. The number of benzene rings is 1. The highest BCUT2D eigenvalue weighted by Gasteiger charge is 2.14. The van der Waals surface area contributed by atoms with Crippen molar-refractivity contribution < 1.29 is 14.6 Å². The Morgan fingerprint density at radius 2 is 2.11 bits per heavy atom. The van der Waals surface area contributed by atoms with Crippen molar-refractivity contribution in [2.24, 2.45) is 0 Å². The fourth-order valence-corrected chi connectivity index (χ4v) is 2.26. The van der Waals surface area contributed by atoms with Crippen LogP contribution in [0, 0.1) is 0 Å². The normalized spacial score (nSPS) is 16.4. The number of aliphatic hydroxyl groups excluding tert-OH is 1. The summed E-state index contributed by atoms with van der Waals surface area (Å²) in [6.45, 7) is 4.76. The van der Waals surface area contributed by atoms with E-state index in [0.717, 1.165) is 30.8 Å². The smallest absolute Gasteiger partial charge is 0.231 e. The van der Waals surface area contributed by atoms with Gasteiger partial charge in [-0.1, -0.05) is 13.0 Å². The van der Waals surface area contributed by atoms with E-state index in [2.05, 4.69) is 31.3 Å². The molecule has 19 heavy (non-hydrogen) atoms. The maximum atomic E-state index is 9.17. The van der Waals surface area contributed by atoms with Crippen molar-refractivity contribution in [1.82, 2.24) is 5.32 Å². The van der Waals surface area contributed by atoms with Gasteiger partial charge in [0.15, 0.2) is 11.5 Å². The summed E-state index contributed by atoms with van der Waals surface area (Å²) < 4.78 is 10.7. The van der Waals surface area contributed by atoms with Crippen LogP contribution in [0.5, 0.6) is 11.5 Å². The van der Waals surface area contributed by atoms with E-state index in [0.29, 0.717) is 12.8 Å². The quantitative estimate of drug-likeness (QED) is 0.792. The van der Waals surface area contributed by atoms with E-state index in [1.165, 1.54) is 5.56 Å². The summed E-state index contributed by atoms with van der Waals surface area (Å²) in [5.41, 5.74) is 1.26. The SMILES string of the molecule is CCC(CO)NC(C)CCc1ccc2c(c1)OCO2. The minimum absolute atomic E-state index is 0.199. The van der Waals surface area contributed by atoms with Crippen LogP contribution in [0.2, 0.25) is 0 Å². The highest BCUT2D eigenvalue weighted by Crippen LogP contribution is 2.32. The Balaban J connectivity index is 1.81. The maximum Gasteiger partial charge on any atom is 0.231 e. The molecule has 2 N–H and O–H groups in total. The summed E-state index contributed by atoms with van der Waals surface area (Å²) >= 11 is 0. The Morgan fingerprint density at radius 1 is 1.32 bits per heavy atom. The van der Waals surface area contributed by atoms with Crippen LogP contribution in [0.1, 0.15) is 32.3 Å². The molecule has 0 amide bonds. The van der Waals surface area contributed by atoms with Gasteiger partial charge in [0.25, 0.3) is 0 Å². The predicted octanol–water partition coefficient (Wildman–Crippen LogP) is 2.10. The maximum absolute atomic E-state index is 9.17. The first-order chi connectivity index (χ1) is 9.22. The number of nitrogens with one attached hydrogen (secondary N) is 1. The van der Waals surface area contributed by atoms with Gasteiger partial charge in [-0.2, -0.15) is 0 Å². The van der Waals surface area contributed by atoms with Crippen molar-refractivity contribution in [3.8, 4) is 11.5 Å². The molecule has 1 aliphatic heterocycles. The highest BCUT2D eigenvalue weighted by atomic mass is 16.7. The van der Waals surface area contributed by atoms with Crippen molar-refractivity contribution >= 4 is 0 Å². The lowest BCUT2D eigenvalue weighted by Gasteiger charge is -2.20. The first-order valence-electron chi connectivity index (χ1n) is 6.98. The van der Waals surface area contributed by atoms with Crippen molar-refractivity contribution in [2.45, 2.75) is 45.2 Å². The molecule has 2 atom stereocenters. The second kappa shape index (κ2) is 6.78. The lowest BCUT2D eigenvalue weighted by Crippen LogP contribution is -2.38.